The van der Waals surface area contributed by atoms with Crippen LogP contribution in [-0.4, -0.2) is 82.6 Å². The summed E-state index contributed by atoms with van der Waals surface area (Å²) in [5, 5.41) is 44.1. The Balaban J connectivity index is 2.00. The molecule has 0 saturated carbocycles. The minimum atomic E-state index is -2.66. The van der Waals surface area contributed by atoms with E-state index < -0.39 is 63.8 Å². The van der Waals surface area contributed by atoms with Gasteiger partial charge in [0.1, 0.15) is 22.8 Å². The van der Waals surface area contributed by atoms with Gasteiger partial charge in [-0.1, -0.05) is 11.6 Å². The van der Waals surface area contributed by atoms with E-state index in [4.69, 9.17) is 17.3 Å². The zero-order valence-corrected chi connectivity index (χ0v) is 19.8. The number of aliphatic hydroxyl groups is 3. The summed E-state index contributed by atoms with van der Waals surface area (Å²) in [6.45, 7) is 0. The fraction of sp³-hybridized carbons (Fsp3) is 0.435. The fourth-order valence-electron chi connectivity index (χ4n) is 5.67. The zero-order valence-electron chi connectivity index (χ0n) is 19.1. The van der Waals surface area contributed by atoms with Crippen LogP contribution in [0.5, 0.6) is 5.75 Å². The lowest BCUT2D eigenvalue weighted by atomic mass is 9.58. The lowest BCUT2D eigenvalue weighted by Gasteiger charge is -2.50. The molecular weight excluding hydrogens is 466 g/mol. The largest absolute Gasteiger partial charge is 0.510 e. The number of nitrogens with two attached hydrogens (primary N) is 1. The molecule has 0 aliphatic heterocycles. The lowest BCUT2D eigenvalue weighted by Crippen LogP contribution is -2.63. The van der Waals surface area contributed by atoms with E-state index in [0.717, 1.165) is 0 Å². The third-order valence-electron chi connectivity index (χ3n) is 7.13. The maximum Gasteiger partial charge on any atom is 0.255 e. The molecule has 182 valence electrons. The first-order chi connectivity index (χ1) is 15.7. The van der Waals surface area contributed by atoms with Crippen molar-refractivity contribution in [1.82, 2.24) is 4.90 Å². The van der Waals surface area contributed by atoms with Crippen molar-refractivity contribution in [3.8, 4) is 5.75 Å². The second-order valence-corrected chi connectivity index (χ2v) is 9.84. The molecule has 0 heterocycles. The number of likely N-dealkylation sites (N-methyl/N-ethyl adjacent to an activating group) is 1. The molecule has 1 aromatic carbocycles. The van der Waals surface area contributed by atoms with Crippen LogP contribution in [0.2, 0.25) is 5.02 Å². The number of rotatable bonds is 3. The first-order valence-electron chi connectivity index (χ1n) is 10.6. The summed E-state index contributed by atoms with van der Waals surface area (Å²) in [6.07, 6.45) is 0.231. The molecule has 1 amide bonds. The molecule has 3 aliphatic rings. The topological polar surface area (TPSA) is 165 Å². The highest BCUT2D eigenvalue weighted by Gasteiger charge is 2.63. The zero-order chi connectivity index (χ0) is 25.4. The van der Waals surface area contributed by atoms with E-state index in [-0.39, 0.29) is 29.0 Å². The number of carbonyl (C=O) groups excluding carboxylic acids is 3. The number of aromatic hydroxyl groups is 1. The van der Waals surface area contributed by atoms with Gasteiger partial charge in [-0.25, -0.2) is 0 Å². The number of carbonyl (C=O) groups is 3. The number of benzene rings is 1. The number of nitrogens with zero attached hydrogens (tertiary/aromatic N) is 2. The summed E-state index contributed by atoms with van der Waals surface area (Å²) in [5.74, 6) is -6.97. The number of aliphatic hydroxyl groups excluding tert-OH is 2. The Hall–Kier alpha value is -3.08. The smallest absolute Gasteiger partial charge is 0.255 e. The number of ketones is 2. The first-order valence-corrected chi connectivity index (χ1v) is 11.0. The number of phenolic OH excluding ortho intramolecular Hbond substituents is 1. The van der Waals surface area contributed by atoms with Crippen LogP contribution in [0.15, 0.2) is 28.7 Å². The quantitative estimate of drug-likeness (QED) is 0.385. The molecule has 0 fully saturated rings. The van der Waals surface area contributed by atoms with E-state index in [1.807, 2.05) is 0 Å². The van der Waals surface area contributed by atoms with Crippen LogP contribution in [0.25, 0.3) is 0 Å². The van der Waals surface area contributed by atoms with Gasteiger partial charge in [0.2, 0.25) is 5.78 Å². The van der Waals surface area contributed by atoms with Crippen molar-refractivity contribution in [3.05, 3.63) is 44.9 Å². The average Bonchev–Trinajstić information content (AvgIpc) is 2.72. The number of primary amides is 1. The van der Waals surface area contributed by atoms with Gasteiger partial charge in [-0.3, -0.25) is 19.3 Å². The van der Waals surface area contributed by atoms with E-state index in [2.05, 4.69) is 0 Å². The van der Waals surface area contributed by atoms with Gasteiger partial charge in [0.05, 0.1) is 16.6 Å². The van der Waals surface area contributed by atoms with E-state index in [1.165, 1.54) is 11.0 Å². The third kappa shape index (κ3) is 2.98. The molecule has 34 heavy (non-hydrogen) atoms. The number of Topliss-reactive ketones (excluding diaryl/α,β-unsaturated/α-hetero) is 2. The van der Waals surface area contributed by atoms with Crippen LogP contribution in [0.4, 0.5) is 5.69 Å². The van der Waals surface area contributed by atoms with Crippen LogP contribution < -0.4 is 10.6 Å². The lowest BCUT2D eigenvalue weighted by molar-refractivity contribution is -0.148. The number of fused-ring (bicyclic) bond motifs is 3. The number of allylic oxidation sites excluding steroid dienone is 1. The van der Waals surface area contributed by atoms with Gasteiger partial charge in [0.25, 0.3) is 5.91 Å². The predicted molar refractivity (Wildman–Crippen MR) is 123 cm³/mol. The van der Waals surface area contributed by atoms with Gasteiger partial charge in [-0.05, 0) is 44.5 Å². The standard InChI is InChI=1S/C23H26ClN3O7/c1-26(2)12-7-11(24)17(28)14-9(12)5-8-6-10-16(27(3)4)19(30)15(22(25)33)21(32)23(10,34)20(31)13(8)18(14)29/h7-8,10,16,28,30-31,34H,5-6H2,1-4H3,(H2,25,33)/t8?,10?,16-,23-/m0/s1. The van der Waals surface area contributed by atoms with Crippen LogP contribution >= 0.6 is 11.6 Å². The van der Waals surface area contributed by atoms with Crippen LogP contribution in [-0.2, 0) is 16.0 Å². The third-order valence-corrected chi connectivity index (χ3v) is 7.42. The summed E-state index contributed by atoms with van der Waals surface area (Å²) in [4.78, 5) is 42.1. The second-order valence-electron chi connectivity index (χ2n) is 9.44. The van der Waals surface area contributed by atoms with Crippen molar-refractivity contribution in [3.63, 3.8) is 0 Å². The number of anilines is 1. The minimum absolute atomic E-state index is 0.0298. The molecule has 0 aromatic heterocycles. The Bertz CT molecular complexity index is 1220. The molecular formula is C23H26ClN3O7. The molecule has 4 rings (SSSR count). The van der Waals surface area contributed by atoms with Crippen LogP contribution in [0, 0.1) is 11.8 Å². The Kier molecular flexibility index (Phi) is 5.47. The maximum atomic E-state index is 13.6. The molecule has 4 atom stereocenters. The number of halogens is 1. The highest BCUT2D eigenvalue weighted by Crippen LogP contribution is 2.53. The van der Waals surface area contributed by atoms with E-state index in [0.29, 0.717) is 11.3 Å². The summed E-state index contributed by atoms with van der Waals surface area (Å²) < 4.78 is 0. The fourth-order valence-corrected chi connectivity index (χ4v) is 5.86. The Morgan fingerprint density at radius 3 is 2.32 bits per heavy atom. The number of hydrogen-bond acceptors (Lipinski definition) is 9. The van der Waals surface area contributed by atoms with Crippen LogP contribution in [0.3, 0.4) is 0 Å². The molecule has 0 saturated heterocycles. The number of amides is 1. The van der Waals surface area contributed by atoms with Crippen molar-refractivity contribution in [2.24, 2.45) is 17.6 Å². The Labute approximate surface area is 200 Å². The van der Waals surface area contributed by atoms with Gasteiger partial charge < -0.3 is 31.1 Å². The van der Waals surface area contributed by atoms with Crippen molar-refractivity contribution in [2.45, 2.75) is 24.5 Å². The predicted octanol–water partition coefficient (Wildman–Crippen LogP) is 0.840. The summed E-state index contributed by atoms with van der Waals surface area (Å²) in [5.41, 5.74) is 2.60. The van der Waals surface area contributed by atoms with Crippen LogP contribution in [0.1, 0.15) is 22.3 Å². The second kappa shape index (κ2) is 7.72. The molecule has 0 radical (unpaired) electrons. The Morgan fingerprint density at radius 1 is 1.18 bits per heavy atom. The number of hydrogen-bond donors (Lipinski definition) is 5. The molecule has 0 bridgehead atoms. The molecule has 3 aliphatic carbocycles. The molecule has 2 unspecified atom stereocenters. The van der Waals surface area contributed by atoms with E-state index in [1.54, 1.807) is 33.1 Å². The average molecular weight is 492 g/mol. The minimum Gasteiger partial charge on any atom is -0.510 e. The first kappa shape index (κ1) is 24.1. The van der Waals surface area contributed by atoms with Crippen molar-refractivity contribution >= 4 is 34.8 Å². The van der Waals surface area contributed by atoms with Crippen molar-refractivity contribution < 1.29 is 34.8 Å². The van der Waals surface area contributed by atoms with Gasteiger partial charge in [-0.2, -0.15) is 0 Å². The van der Waals surface area contributed by atoms with Gasteiger partial charge in [0.15, 0.2) is 11.4 Å². The van der Waals surface area contributed by atoms with Gasteiger partial charge in [-0.15, -0.1) is 0 Å². The highest BCUT2D eigenvalue weighted by molar-refractivity contribution is 6.33. The highest BCUT2D eigenvalue weighted by atomic mass is 35.5. The van der Waals surface area contributed by atoms with Gasteiger partial charge in [0, 0.05) is 31.3 Å². The molecule has 0 spiro atoms. The van der Waals surface area contributed by atoms with Gasteiger partial charge >= 0.3 is 0 Å². The summed E-state index contributed by atoms with van der Waals surface area (Å²) in [7, 11) is 6.67. The molecule has 1 aromatic rings. The summed E-state index contributed by atoms with van der Waals surface area (Å²) in [6, 6.07) is 0.509. The monoisotopic (exact) mass is 491 g/mol. The van der Waals surface area contributed by atoms with E-state index in [9.17, 15) is 34.8 Å². The number of phenols is 1. The van der Waals surface area contributed by atoms with E-state index >= 15 is 0 Å². The Morgan fingerprint density at radius 2 is 1.79 bits per heavy atom. The SMILES string of the molecule is CN(C)c1cc(Cl)c(O)c2c1CC1CC3[C@H](N(C)C)C(O)=C(C(N)=O)C(=O)[C@@]3(O)C(O)=C1C2=O. The summed E-state index contributed by atoms with van der Waals surface area (Å²) >= 11 is 6.16. The molecule has 6 N–H and O–H groups in total. The van der Waals surface area contributed by atoms with Crippen molar-refractivity contribution in [1.29, 1.82) is 0 Å². The van der Waals surface area contributed by atoms with Crippen molar-refractivity contribution in [2.75, 3.05) is 33.1 Å². The molecule has 11 heteroatoms. The molecule has 10 nitrogen and oxygen atoms in total. The maximum absolute atomic E-state index is 13.6. The normalized spacial score (nSPS) is 28.6.